The maximum Gasteiger partial charge on any atom is 0.244 e. The lowest BCUT2D eigenvalue weighted by atomic mass is 9.79. The van der Waals surface area contributed by atoms with Crippen molar-refractivity contribution < 1.29 is 4.74 Å². The van der Waals surface area contributed by atoms with Crippen molar-refractivity contribution in [1.82, 2.24) is 10.2 Å². The number of benzene rings is 1. The number of hydrogen-bond acceptors (Lipinski definition) is 4. The van der Waals surface area contributed by atoms with E-state index in [1.807, 2.05) is 24.3 Å². The van der Waals surface area contributed by atoms with E-state index in [1.165, 1.54) is 0 Å². The summed E-state index contributed by atoms with van der Waals surface area (Å²) in [7, 11) is 0. The van der Waals surface area contributed by atoms with Crippen LogP contribution in [0, 0.1) is 11.3 Å². The van der Waals surface area contributed by atoms with Gasteiger partial charge in [-0.05, 0) is 17.7 Å². The van der Waals surface area contributed by atoms with Crippen molar-refractivity contribution >= 4 is 15.9 Å². The standard InChI is InChI=1S/C17H17BrN4O/c1-17(2,3)14-13-12(9-5-4-6-10(18)7-9)11(8-19)15(20)23-16(13)22-21-14/h4-7,12H,20H2,1-3H3,(H,21,22)/t12-/m0/s1. The Morgan fingerprint density at radius 1 is 1.39 bits per heavy atom. The molecular weight excluding hydrogens is 356 g/mol. The lowest BCUT2D eigenvalue weighted by molar-refractivity contribution is 0.378. The molecule has 1 aromatic carbocycles. The molecule has 3 rings (SSSR count). The van der Waals surface area contributed by atoms with Crippen LogP contribution in [-0.2, 0) is 5.41 Å². The first kappa shape index (κ1) is 15.6. The number of halogens is 1. The van der Waals surface area contributed by atoms with Gasteiger partial charge in [0.15, 0.2) is 0 Å². The van der Waals surface area contributed by atoms with E-state index in [0.717, 1.165) is 21.3 Å². The first-order valence-corrected chi connectivity index (χ1v) is 8.04. The van der Waals surface area contributed by atoms with Crippen LogP contribution in [0.5, 0.6) is 5.88 Å². The highest BCUT2D eigenvalue weighted by Crippen LogP contribution is 2.45. The number of aromatic nitrogens is 2. The minimum atomic E-state index is -0.297. The minimum absolute atomic E-state index is 0.108. The normalized spacial score (nSPS) is 17.4. The van der Waals surface area contributed by atoms with Gasteiger partial charge in [-0.2, -0.15) is 5.26 Å². The van der Waals surface area contributed by atoms with Crippen molar-refractivity contribution in [2.45, 2.75) is 32.1 Å². The minimum Gasteiger partial charge on any atom is -0.420 e. The maximum absolute atomic E-state index is 9.61. The van der Waals surface area contributed by atoms with Gasteiger partial charge in [0.2, 0.25) is 11.8 Å². The quantitative estimate of drug-likeness (QED) is 0.798. The van der Waals surface area contributed by atoms with Crippen LogP contribution in [0.2, 0.25) is 0 Å². The van der Waals surface area contributed by atoms with Crippen molar-refractivity contribution in [2.24, 2.45) is 5.73 Å². The molecule has 0 spiro atoms. The third-order valence-corrected chi connectivity index (χ3v) is 4.36. The van der Waals surface area contributed by atoms with E-state index in [2.05, 4.69) is 53.0 Å². The van der Waals surface area contributed by atoms with Gasteiger partial charge in [-0.1, -0.05) is 48.8 Å². The van der Waals surface area contributed by atoms with Crippen molar-refractivity contribution in [2.75, 3.05) is 0 Å². The van der Waals surface area contributed by atoms with Crippen LogP contribution in [0.3, 0.4) is 0 Å². The number of allylic oxidation sites excluding steroid dienone is 1. The smallest absolute Gasteiger partial charge is 0.244 e. The van der Waals surface area contributed by atoms with Crippen LogP contribution in [0.4, 0.5) is 0 Å². The Morgan fingerprint density at radius 3 is 2.74 bits per heavy atom. The molecular formula is C17H17BrN4O. The van der Waals surface area contributed by atoms with Crippen molar-refractivity contribution in [1.29, 1.82) is 5.26 Å². The number of aromatic amines is 1. The predicted molar refractivity (Wildman–Crippen MR) is 90.7 cm³/mol. The summed E-state index contributed by atoms with van der Waals surface area (Å²) in [4.78, 5) is 0. The van der Waals surface area contributed by atoms with E-state index in [1.54, 1.807) is 0 Å². The molecule has 1 atom stereocenters. The van der Waals surface area contributed by atoms with Gasteiger partial charge in [0.1, 0.15) is 11.6 Å². The zero-order valence-corrected chi connectivity index (χ0v) is 14.7. The molecule has 5 nitrogen and oxygen atoms in total. The summed E-state index contributed by atoms with van der Waals surface area (Å²) in [6.45, 7) is 6.27. The van der Waals surface area contributed by atoms with E-state index in [4.69, 9.17) is 10.5 Å². The molecule has 0 bridgehead atoms. The number of hydrogen-bond donors (Lipinski definition) is 2. The average Bonchev–Trinajstić information content (AvgIpc) is 2.89. The number of H-pyrrole nitrogens is 1. The van der Waals surface area contributed by atoms with Gasteiger partial charge < -0.3 is 10.5 Å². The Labute approximate surface area is 143 Å². The number of ether oxygens (including phenoxy) is 1. The third kappa shape index (κ3) is 2.62. The molecule has 1 aromatic heterocycles. The summed E-state index contributed by atoms with van der Waals surface area (Å²) in [5.74, 6) is 0.252. The van der Waals surface area contributed by atoms with Crippen LogP contribution in [-0.4, -0.2) is 10.2 Å². The fraction of sp³-hybridized carbons (Fsp3) is 0.294. The van der Waals surface area contributed by atoms with E-state index in [-0.39, 0.29) is 17.2 Å². The second-order valence-electron chi connectivity index (χ2n) is 6.55. The van der Waals surface area contributed by atoms with Gasteiger partial charge in [0.05, 0.1) is 11.5 Å². The molecule has 1 aliphatic heterocycles. The molecule has 0 saturated carbocycles. The van der Waals surface area contributed by atoms with Gasteiger partial charge in [0.25, 0.3) is 0 Å². The van der Waals surface area contributed by atoms with E-state index in [0.29, 0.717) is 11.5 Å². The molecule has 118 valence electrons. The van der Waals surface area contributed by atoms with Crippen molar-refractivity contribution in [3.8, 4) is 11.9 Å². The summed E-state index contributed by atoms with van der Waals surface area (Å²) >= 11 is 3.49. The number of nitrogens with two attached hydrogens (primary N) is 1. The van der Waals surface area contributed by atoms with E-state index >= 15 is 0 Å². The molecule has 0 amide bonds. The highest BCUT2D eigenvalue weighted by Gasteiger charge is 2.37. The van der Waals surface area contributed by atoms with Gasteiger partial charge in [0, 0.05) is 15.6 Å². The highest BCUT2D eigenvalue weighted by molar-refractivity contribution is 9.10. The largest absolute Gasteiger partial charge is 0.420 e. The maximum atomic E-state index is 9.61. The first-order valence-electron chi connectivity index (χ1n) is 7.24. The molecule has 1 aliphatic rings. The van der Waals surface area contributed by atoms with Gasteiger partial charge in [-0.15, -0.1) is 5.10 Å². The molecule has 3 N–H and O–H groups in total. The van der Waals surface area contributed by atoms with Crippen LogP contribution >= 0.6 is 15.9 Å². The van der Waals surface area contributed by atoms with Crippen molar-refractivity contribution in [3.05, 3.63) is 57.0 Å². The topological polar surface area (TPSA) is 87.7 Å². The molecule has 0 aliphatic carbocycles. The third-order valence-electron chi connectivity index (χ3n) is 3.87. The van der Waals surface area contributed by atoms with Crippen LogP contribution in [0.15, 0.2) is 40.2 Å². The van der Waals surface area contributed by atoms with Gasteiger partial charge in [-0.25, -0.2) is 0 Å². The summed E-state index contributed by atoms with van der Waals surface area (Å²) in [5.41, 5.74) is 8.98. The number of nitriles is 1. The summed E-state index contributed by atoms with van der Waals surface area (Å²) < 4.78 is 6.52. The van der Waals surface area contributed by atoms with Crippen LogP contribution < -0.4 is 10.5 Å². The molecule has 0 fully saturated rings. The Morgan fingerprint density at radius 2 is 2.13 bits per heavy atom. The average molecular weight is 373 g/mol. The fourth-order valence-corrected chi connectivity index (χ4v) is 3.25. The Kier molecular flexibility index (Phi) is 3.69. The molecule has 23 heavy (non-hydrogen) atoms. The zero-order chi connectivity index (χ0) is 16.8. The molecule has 2 aromatic rings. The van der Waals surface area contributed by atoms with Crippen LogP contribution in [0.1, 0.15) is 43.5 Å². The SMILES string of the molecule is CC(C)(C)c1[nH]nc2c1[C@@H](c1cccc(Br)c1)C(C#N)=C(N)O2. The van der Waals surface area contributed by atoms with Gasteiger partial charge >= 0.3 is 0 Å². The second-order valence-corrected chi connectivity index (χ2v) is 7.46. The first-order chi connectivity index (χ1) is 10.8. The Hall–Kier alpha value is -2.26. The second kappa shape index (κ2) is 5.43. The number of nitrogens with one attached hydrogen (secondary N) is 1. The molecule has 0 unspecified atom stereocenters. The summed E-state index contributed by atoms with van der Waals surface area (Å²) in [6, 6.07) is 10.1. The van der Waals surface area contributed by atoms with Crippen LogP contribution in [0.25, 0.3) is 0 Å². The number of rotatable bonds is 1. The monoisotopic (exact) mass is 372 g/mol. The summed E-state index contributed by atoms with van der Waals surface area (Å²) in [6.07, 6.45) is 0. The van der Waals surface area contributed by atoms with Gasteiger partial charge in [-0.3, -0.25) is 5.10 Å². The predicted octanol–water partition coefficient (Wildman–Crippen LogP) is 3.69. The molecule has 6 heteroatoms. The van der Waals surface area contributed by atoms with E-state index < -0.39 is 0 Å². The number of fused-ring (bicyclic) bond motifs is 1. The fourth-order valence-electron chi connectivity index (χ4n) is 2.84. The highest BCUT2D eigenvalue weighted by atomic mass is 79.9. The molecule has 0 radical (unpaired) electrons. The summed E-state index contributed by atoms with van der Waals surface area (Å²) in [5, 5.41) is 16.9. The van der Waals surface area contributed by atoms with Crippen molar-refractivity contribution in [3.63, 3.8) is 0 Å². The van der Waals surface area contributed by atoms with E-state index in [9.17, 15) is 5.26 Å². The Bertz CT molecular complexity index is 839. The Balaban J connectivity index is 2.28. The lowest BCUT2D eigenvalue weighted by Crippen LogP contribution is -2.23. The molecule has 2 heterocycles. The zero-order valence-electron chi connectivity index (χ0n) is 13.1. The number of nitrogens with zero attached hydrogens (tertiary/aromatic N) is 2. The molecule has 0 saturated heterocycles. The lowest BCUT2D eigenvalue weighted by Gasteiger charge is -2.27.